The summed E-state index contributed by atoms with van der Waals surface area (Å²) in [6.45, 7) is 0.227. The lowest BCUT2D eigenvalue weighted by Crippen LogP contribution is -2.58. The Balaban J connectivity index is 1.66. The van der Waals surface area contributed by atoms with Gasteiger partial charge in [0.1, 0.15) is 5.92 Å². The quantitative estimate of drug-likeness (QED) is 0.435. The highest BCUT2D eigenvalue weighted by atomic mass is 35.5. The normalized spacial score (nSPS) is 18.3. The first kappa shape index (κ1) is 24.3. The molecule has 3 aromatic carbocycles. The molecule has 0 bridgehead atoms. The van der Waals surface area contributed by atoms with Gasteiger partial charge in [-0.05, 0) is 65.4 Å². The SMILES string of the molecule is NC(=O)c1ccccc1-c1ccc2c(c1)C(C(=O)O)C1(CCCC1)N(Cc1ccc(Cl)c(Cl)c1)C2=O. The van der Waals surface area contributed by atoms with E-state index in [1.165, 1.54) is 0 Å². The van der Waals surface area contributed by atoms with E-state index in [1.54, 1.807) is 65.6 Å². The summed E-state index contributed by atoms with van der Waals surface area (Å²) < 4.78 is 0. The summed E-state index contributed by atoms with van der Waals surface area (Å²) in [5.41, 5.74) is 7.89. The molecule has 3 N–H and O–H groups in total. The van der Waals surface area contributed by atoms with Crippen LogP contribution in [-0.4, -0.2) is 33.3 Å². The van der Waals surface area contributed by atoms with Crippen molar-refractivity contribution in [1.29, 1.82) is 0 Å². The molecule has 1 aliphatic heterocycles. The zero-order valence-electron chi connectivity index (χ0n) is 19.3. The van der Waals surface area contributed by atoms with Crippen molar-refractivity contribution in [3.05, 3.63) is 93.0 Å². The number of carboxylic acid groups (broad SMARTS) is 1. The van der Waals surface area contributed by atoms with E-state index in [1.807, 2.05) is 0 Å². The van der Waals surface area contributed by atoms with Gasteiger partial charge in [0.25, 0.3) is 5.91 Å². The first-order chi connectivity index (χ1) is 17.2. The fourth-order valence-corrected chi connectivity index (χ4v) is 6.19. The predicted octanol–water partition coefficient (Wildman–Crippen LogP) is 5.90. The third-order valence-corrected chi connectivity index (χ3v) is 8.20. The van der Waals surface area contributed by atoms with Crippen LogP contribution in [0.2, 0.25) is 10.0 Å². The van der Waals surface area contributed by atoms with Crippen molar-refractivity contribution in [2.75, 3.05) is 0 Å². The number of carbonyl (C=O) groups excluding carboxylic acids is 2. The van der Waals surface area contributed by atoms with Crippen molar-refractivity contribution in [3.8, 4) is 11.1 Å². The van der Waals surface area contributed by atoms with Crippen LogP contribution in [0.4, 0.5) is 0 Å². The van der Waals surface area contributed by atoms with Crippen LogP contribution in [0.1, 0.15) is 63.4 Å². The second kappa shape index (κ2) is 9.26. The number of carbonyl (C=O) groups is 3. The van der Waals surface area contributed by atoms with Crippen molar-refractivity contribution in [2.45, 2.75) is 43.7 Å². The molecule has 2 aliphatic rings. The molecule has 1 atom stereocenters. The monoisotopic (exact) mass is 522 g/mol. The second-order valence-corrected chi connectivity index (χ2v) is 10.2. The maximum atomic E-state index is 13.9. The molecule has 1 spiro atoms. The molecule has 0 aromatic heterocycles. The van der Waals surface area contributed by atoms with Gasteiger partial charge in [0, 0.05) is 17.7 Å². The van der Waals surface area contributed by atoms with Gasteiger partial charge in [-0.3, -0.25) is 14.4 Å². The van der Waals surface area contributed by atoms with Crippen LogP contribution in [0, 0.1) is 0 Å². The minimum absolute atomic E-state index is 0.217. The van der Waals surface area contributed by atoms with Crippen molar-refractivity contribution in [3.63, 3.8) is 0 Å². The van der Waals surface area contributed by atoms with Crippen molar-refractivity contribution < 1.29 is 19.5 Å². The number of aliphatic carboxylic acids is 1. The van der Waals surface area contributed by atoms with E-state index in [2.05, 4.69) is 0 Å². The lowest BCUT2D eigenvalue weighted by molar-refractivity contribution is -0.143. The van der Waals surface area contributed by atoms with Gasteiger partial charge in [0.05, 0.1) is 15.6 Å². The largest absolute Gasteiger partial charge is 0.481 e. The molecular formula is C28H24Cl2N2O4. The maximum Gasteiger partial charge on any atom is 0.313 e. The molecule has 0 saturated heterocycles. The average molecular weight is 523 g/mol. The number of hydrogen-bond donors (Lipinski definition) is 2. The zero-order valence-corrected chi connectivity index (χ0v) is 20.9. The van der Waals surface area contributed by atoms with Crippen LogP contribution in [0.3, 0.4) is 0 Å². The molecule has 1 fully saturated rings. The first-order valence-electron chi connectivity index (χ1n) is 11.7. The predicted molar refractivity (Wildman–Crippen MR) is 138 cm³/mol. The molecular weight excluding hydrogens is 499 g/mol. The molecule has 6 nitrogen and oxygen atoms in total. The van der Waals surface area contributed by atoms with Crippen LogP contribution >= 0.6 is 23.2 Å². The molecule has 8 heteroatoms. The molecule has 0 radical (unpaired) electrons. The van der Waals surface area contributed by atoms with E-state index in [4.69, 9.17) is 28.9 Å². The topological polar surface area (TPSA) is 101 Å². The first-order valence-corrected chi connectivity index (χ1v) is 12.5. The van der Waals surface area contributed by atoms with Gasteiger partial charge < -0.3 is 15.7 Å². The van der Waals surface area contributed by atoms with Gasteiger partial charge in [-0.25, -0.2) is 0 Å². The van der Waals surface area contributed by atoms with Crippen LogP contribution in [-0.2, 0) is 11.3 Å². The van der Waals surface area contributed by atoms with Crippen LogP contribution in [0.15, 0.2) is 60.7 Å². The Morgan fingerprint density at radius 2 is 1.69 bits per heavy atom. The second-order valence-electron chi connectivity index (χ2n) is 9.43. The average Bonchev–Trinajstić information content (AvgIpc) is 3.33. The van der Waals surface area contributed by atoms with E-state index in [9.17, 15) is 19.5 Å². The van der Waals surface area contributed by atoms with Gasteiger partial charge in [0.2, 0.25) is 5.91 Å². The number of primary amides is 1. The van der Waals surface area contributed by atoms with Crippen molar-refractivity contribution in [1.82, 2.24) is 4.90 Å². The number of nitrogens with zero attached hydrogens (tertiary/aromatic N) is 1. The van der Waals surface area contributed by atoms with Crippen molar-refractivity contribution >= 4 is 41.0 Å². The Labute approximate surface area is 218 Å². The Bertz CT molecular complexity index is 1400. The van der Waals surface area contributed by atoms with E-state index >= 15 is 0 Å². The number of amides is 2. The van der Waals surface area contributed by atoms with Crippen LogP contribution in [0.5, 0.6) is 0 Å². The summed E-state index contributed by atoms with van der Waals surface area (Å²) in [5, 5.41) is 11.3. The summed E-state index contributed by atoms with van der Waals surface area (Å²) in [6, 6.07) is 17.3. The molecule has 3 aromatic rings. The van der Waals surface area contributed by atoms with Crippen LogP contribution in [0.25, 0.3) is 11.1 Å². The van der Waals surface area contributed by atoms with E-state index in [0.717, 1.165) is 18.4 Å². The molecule has 36 heavy (non-hydrogen) atoms. The van der Waals surface area contributed by atoms with Gasteiger partial charge in [0.15, 0.2) is 0 Å². The van der Waals surface area contributed by atoms with E-state index in [0.29, 0.717) is 50.7 Å². The van der Waals surface area contributed by atoms with Gasteiger partial charge in [-0.1, -0.05) is 66.4 Å². The zero-order chi connectivity index (χ0) is 25.6. The van der Waals surface area contributed by atoms with Crippen molar-refractivity contribution in [2.24, 2.45) is 5.73 Å². The number of fused-ring (bicyclic) bond motifs is 1. The highest BCUT2D eigenvalue weighted by Crippen LogP contribution is 2.51. The summed E-state index contributed by atoms with van der Waals surface area (Å²) >= 11 is 12.3. The number of benzene rings is 3. The molecule has 1 saturated carbocycles. The fraction of sp³-hybridized carbons (Fsp3) is 0.250. The standard InChI is InChI=1S/C28H24Cl2N2O4/c29-22-10-7-16(13-23(22)30)15-32-26(34)20-9-8-17(18-5-1-2-6-19(18)25(31)33)14-21(20)24(27(35)36)28(32)11-3-4-12-28/h1-2,5-10,13-14,24H,3-4,11-12,15H2,(H2,31,33)(H,35,36). The summed E-state index contributed by atoms with van der Waals surface area (Å²) in [4.78, 5) is 40.5. The molecule has 1 aliphatic carbocycles. The number of nitrogens with two attached hydrogens (primary N) is 1. The summed E-state index contributed by atoms with van der Waals surface area (Å²) in [5.74, 6) is -2.69. The fourth-order valence-electron chi connectivity index (χ4n) is 5.87. The smallest absolute Gasteiger partial charge is 0.313 e. The number of hydrogen-bond acceptors (Lipinski definition) is 3. The Kier molecular flexibility index (Phi) is 6.27. The Morgan fingerprint density at radius 1 is 0.972 bits per heavy atom. The molecule has 1 heterocycles. The molecule has 2 amide bonds. The molecule has 5 rings (SSSR count). The number of carboxylic acids is 1. The highest BCUT2D eigenvalue weighted by Gasteiger charge is 2.55. The van der Waals surface area contributed by atoms with Gasteiger partial charge in [-0.2, -0.15) is 0 Å². The van der Waals surface area contributed by atoms with E-state index < -0.39 is 23.3 Å². The minimum atomic E-state index is -0.981. The van der Waals surface area contributed by atoms with Gasteiger partial charge >= 0.3 is 5.97 Å². The summed E-state index contributed by atoms with van der Waals surface area (Å²) in [7, 11) is 0. The van der Waals surface area contributed by atoms with E-state index in [-0.39, 0.29) is 12.5 Å². The Hall–Kier alpha value is -3.35. The number of halogens is 2. The molecule has 1 unspecified atom stereocenters. The lowest BCUT2D eigenvalue weighted by Gasteiger charge is -2.49. The Morgan fingerprint density at radius 3 is 2.36 bits per heavy atom. The number of rotatable bonds is 5. The third kappa shape index (κ3) is 3.94. The highest BCUT2D eigenvalue weighted by molar-refractivity contribution is 6.42. The lowest BCUT2D eigenvalue weighted by atomic mass is 9.70. The summed E-state index contributed by atoms with van der Waals surface area (Å²) in [6.07, 6.45) is 2.82. The molecule has 184 valence electrons. The van der Waals surface area contributed by atoms with Crippen LogP contribution < -0.4 is 5.73 Å². The maximum absolute atomic E-state index is 13.9. The third-order valence-electron chi connectivity index (χ3n) is 7.46. The van der Waals surface area contributed by atoms with Gasteiger partial charge in [-0.15, -0.1) is 0 Å². The minimum Gasteiger partial charge on any atom is -0.481 e.